The molecule has 1 aliphatic rings. The Morgan fingerprint density at radius 3 is 2.56 bits per heavy atom. The van der Waals surface area contributed by atoms with Crippen LogP contribution in [0.1, 0.15) is 12.8 Å². The first-order chi connectivity index (χ1) is 7.95. The molecule has 0 atom stereocenters. The number of aromatic nitrogens is 1. The lowest BCUT2D eigenvalue weighted by molar-refractivity contribution is 1.08. The van der Waals surface area contributed by atoms with E-state index in [2.05, 4.69) is 47.5 Å². The summed E-state index contributed by atoms with van der Waals surface area (Å²) in [6, 6.07) is 12.6. The Bertz CT molecular complexity index is 612. The minimum Gasteiger partial charge on any atom is -0.257 e. The van der Waals surface area contributed by atoms with Gasteiger partial charge in [-0.25, -0.2) is 0 Å². The van der Waals surface area contributed by atoms with Crippen LogP contribution >= 0.6 is 0 Å². The number of benzene rings is 1. The highest BCUT2D eigenvalue weighted by molar-refractivity contribution is 5.65. The second-order valence-electron chi connectivity index (χ2n) is 4.01. The van der Waals surface area contributed by atoms with E-state index in [9.17, 15) is 0 Å². The van der Waals surface area contributed by atoms with Gasteiger partial charge in [0.25, 0.3) is 0 Å². The maximum Gasteiger partial charge on any atom is 0.0665 e. The highest BCUT2D eigenvalue weighted by Crippen LogP contribution is 2.13. The minimum atomic E-state index is 1.11. The number of hydrogen-bond acceptors (Lipinski definition) is 1. The predicted molar refractivity (Wildman–Crippen MR) is 67.1 cm³/mol. The topological polar surface area (TPSA) is 12.9 Å². The molecule has 16 heavy (non-hydrogen) atoms. The van der Waals surface area contributed by atoms with E-state index in [1.807, 2.05) is 12.3 Å². The Morgan fingerprint density at radius 2 is 1.69 bits per heavy atom. The fraction of sp³-hybridized carbons (Fsp3) is 0.133. The highest BCUT2D eigenvalue weighted by atomic mass is 14.6. The predicted octanol–water partition coefficient (Wildman–Crippen LogP) is 2.10. The van der Waals surface area contributed by atoms with E-state index >= 15 is 0 Å². The molecule has 78 valence electrons. The summed E-state index contributed by atoms with van der Waals surface area (Å²) in [5, 5.41) is 2.42. The molecule has 1 nitrogen and oxygen atoms in total. The van der Waals surface area contributed by atoms with Crippen LogP contribution in [0.4, 0.5) is 0 Å². The summed E-state index contributed by atoms with van der Waals surface area (Å²) in [5.41, 5.74) is 2.56. The molecular weight excluding hydrogens is 194 g/mol. The molecule has 1 aromatic heterocycles. The first-order valence-corrected chi connectivity index (χ1v) is 5.66. The van der Waals surface area contributed by atoms with Crippen molar-refractivity contribution >= 4 is 12.2 Å². The second kappa shape index (κ2) is 3.93. The largest absolute Gasteiger partial charge is 0.257 e. The van der Waals surface area contributed by atoms with Gasteiger partial charge >= 0.3 is 0 Å². The van der Waals surface area contributed by atoms with E-state index in [1.54, 1.807) is 0 Å². The van der Waals surface area contributed by atoms with Crippen LogP contribution in [0.25, 0.3) is 23.3 Å². The molecule has 0 amide bonds. The van der Waals surface area contributed by atoms with Crippen molar-refractivity contribution in [3.05, 3.63) is 53.2 Å². The molecule has 0 bridgehead atoms. The van der Waals surface area contributed by atoms with E-state index < -0.39 is 0 Å². The lowest BCUT2D eigenvalue weighted by Crippen LogP contribution is -2.31. The van der Waals surface area contributed by atoms with Crippen LogP contribution < -0.4 is 10.6 Å². The van der Waals surface area contributed by atoms with Crippen molar-refractivity contribution in [1.82, 2.24) is 4.98 Å². The van der Waals surface area contributed by atoms with Crippen LogP contribution in [0.15, 0.2) is 42.6 Å². The Morgan fingerprint density at radius 1 is 0.875 bits per heavy atom. The Labute approximate surface area is 94.8 Å². The molecule has 3 rings (SSSR count). The molecule has 0 unspecified atom stereocenters. The molecule has 0 fully saturated rings. The van der Waals surface area contributed by atoms with E-state index in [-0.39, 0.29) is 0 Å². The van der Waals surface area contributed by atoms with Crippen LogP contribution in [-0.4, -0.2) is 4.98 Å². The summed E-state index contributed by atoms with van der Waals surface area (Å²) >= 11 is 0. The van der Waals surface area contributed by atoms with Gasteiger partial charge in [0.2, 0.25) is 0 Å². The molecular formula is C15H13N. The Kier molecular flexibility index (Phi) is 2.30. The molecule has 0 saturated heterocycles. The smallest absolute Gasteiger partial charge is 0.0665 e. The summed E-state index contributed by atoms with van der Waals surface area (Å²) < 4.78 is 0. The lowest BCUT2D eigenvalue weighted by atomic mass is 10.0. The summed E-state index contributed by atoms with van der Waals surface area (Å²) in [6.45, 7) is 0. The van der Waals surface area contributed by atoms with Gasteiger partial charge in [0.1, 0.15) is 0 Å². The average Bonchev–Trinajstić information content (AvgIpc) is 2.39. The van der Waals surface area contributed by atoms with Crippen molar-refractivity contribution < 1.29 is 0 Å². The fourth-order valence-electron chi connectivity index (χ4n) is 2.18. The number of pyridine rings is 1. The molecule has 2 aromatic rings. The summed E-state index contributed by atoms with van der Waals surface area (Å²) in [5.74, 6) is 0. The highest BCUT2D eigenvalue weighted by Gasteiger charge is 2.02. The number of fused-ring (bicyclic) bond motifs is 1. The zero-order chi connectivity index (χ0) is 10.8. The molecule has 0 aliphatic heterocycles. The quantitative estimate of drug-likeness (QED) is 0.698. The number of nitrogens with zero attached hydrogens (tertiary/aromatic N) is 1. The molecule has 0 spiro atoms. The van der Waals surface area contributed by atoms with Gasteiger partial charge in [0.05, 0.1) is 5.35 Å². The van der Waals surface area contributed by atoms with Gasteiger partial charge in [-0.2, -0.15) is 0 Å². The van der Waals surface area contributed by atoms with Crippen molar-refractivity contribution in [2.75, 3.05) is 0 Å². The zero-order valence-corrected chi connectivity index (χ0v) is 9.06. The average molecular weight is 207 g/mol. The third kappa shape index (κ3) is 1.54. The van der Waals surface area contributed by atoms with Crippen LogP contribution in [-0.2, 0) is 0 Å². The maximum absolute atomic E-state index is 4.42. The number of rotatable bonds is 1. The van der Waals surface area contributed by atoms with Crippen molar-refractivity contribution in [2.24, 2.45) is 0 Å². The molecule has 1 aliphatic carbocycles. The van der Waals surface area contributed by atoms with Crippen LogP contribution in [0.2, 0.25) is 0 Å². The fourth-order valence-corrected chi connectivity index (χ4v) is 2.18. The van der Waals surface area contributed by atoms with Gasteiger partial charge < -0.3 is 0 Å². The van der Waals surface area contributed by atoms with Gasteiger partial charge in [-0.1, -0.05) is 42.5 Å². The molecule has 0 radical (unpaired) electrons. The van der Waals surface area contributed by atoms with Crippen LogP contribution in [0.3, 0.4) is 0 Å². The monoisotopic (exact) mass is 207 g/mol. The number of hydrogen-bond donors (Lipinski definition) is 0. The summed E-state index contributed by atoms with van der Waals surface area (Å²) in [4.78, 5) is 4.42. The van der Waals surface area contributed by atoms with Gasteiger partial charge in [-0.05, 0) is 30.0 Å². The minimum absolute atomic E-state index is 1.11. The molecule has 1 aromatic carbocycles. The first-order valence-electron chi connectivity index (χ1n) is 5.66. The summed E-state index contributed by atoms with van der Waals surface area (Å²) in [6.07, 6.45) is 8.65. The zero-order valence-electron chi connectivity index (χ0n) is 9.06. The van der Waals surface area contributed by atoms with E-state index in [0.717, 1.165) is 18.2 Å². The molecule has 1 heteroatoms. The third-order valence-electron chi connectivity index (χ3n) is 2.96. The molecule has 0 N–H and O–H groups in total. The van der Waals surface area contributed by atoms with Crippen LogP contribution in [0, 0.1) is 0 Å². The van der Waals surface area contributed by atoms with E-state index in [1.165, 1.54) is 16.3 Å². The van der Waals surface area contributed by atoms with Gasteiger partial charge in [0, 0.05) is 11.4 Å². The van der Waals surface area contributed by atoms with Crippen molar-refractivity contribution in [3.63, 3.8) is 0 Å². The first kappa shape index (κ1) is 9.34. The van der Waals surface area contributed by atoms with Gasteiger partial charge in [-0.3, -0.25) is 4.98 Å². The van der Waals surface area contributed by atoms with E-state index in [0.29, 0.717) is 0 Å². The van der Waals surface area contributed by atoms with Gasteiger partial charge in [-0.15, -0.1) is 0 Å². The maximum atomic E-state index is 4.42. The van der Waals surface area contributed by atoms with Crippen molar-refractivity contribution in [2.45, 2.75) is 12.8 Å². The van der Waals surface area contributed by atoms with Gasteiger partial charge in [0.15, 0.2) is 0 Å². The lowest BCUT2D eigenvalue weighted by Gasteiger charge is -2.06. The van der Waals surface area contributed by atoms with Crippen LogP contribution in [0.5, 0.6) is 0 Å². The standard InChI is InChI=1S/C15H13N/c1-2-6-12(7-3-1)13-10-11-16-15-9-5-4-8-14(13)15/h1-3,6-11H,4-5H2. The van der Waals surface area contributed by atoms with E-state index in [4.69, 9.17) is 0 Å². The van der Waals surface area contributed by atoms with Crippen molar-refractivity contribution in [1.29, 1.82) is 0 Å². The SMILES string of the molecule is C1=c2nccc(-c3ccccc3)c2=CCC1. The van der Waals surface area contributed by atoms with Crippen molar-refractivity contribution in [3.8, 4) is 11.1 Å². The third-order valence-corrected chi connectivity index (χ3v) is 2.96. The second-order valence-corrected chi connectivity index (χ2v) is 4.01. The molecule has 0 saturated carbocycles. The summed E-state index contributed by atoms with van der Waals surface area (Å²) in [7, 11) is 0. The molecule has 1 heterocycles. The Balaban J connectivity index is 2.32. The Hall–Kier alpha value is -1.89. The normalized spacial score (nSPS) is 13.5.